The van der Waals surface area contributed by atoms with Crippen LogP contribution in [-0.2, 0) is 16.1 Å². The van der Waals surface area contributed by atoms with Gasteiger partial charge in [-0.2, -0.15) is 0 Å². The summed E-state index contributed by atoms with van der Waals surface area (Å²) in [6, 6.07) is 12.7. The summed E-state index contributed by atoms with van der Waals surface area (Å²) in [5, 5.41) is 13.4. The van der Waals surface area contributed by atoms with Crippen LogP contribution in [0, 0.1) is 0 Å². The minimum absolute atomic E-state index is 0.105. The van der Waals surface area contributed by atoms with Gasteiger partial charge in [-0.25, -0.2) is 4.79 Å². The number of aromatic amines is 1. The summed E-state index contributed by atoms with van der Waals surface area (Å²) in [5.74, 6) is -2.02. The van der Waals surface area contributed by atoms with E-state index in [2.05, 4.69) is 19.8 Å². The Morgan fingerprint density at radius 2 is 1.68 bits per heavy atom. The van der Waals surface area contributed by atoms with Crippen molar-refractivity contribution in [3.05, 3.63) is 71.5 Å². The predicted molar refractivity (Wildman–Crippen MR) is 130 cm³/mol. The van der Waals surface area contributed by atoms with E-state index < -0.39 is 17.8 Å². The Kier molecular flexibility index (Phi) is 5.30. The number of para-hydroxylation sites is 2. The number of aromatic nitrogens is 2. The molecule has 4 aromatic rings. The van der Waals surface area contributed by atoms with E-state index in [9.17, 15) is 19.5 Å². The molecule has 8 nitrogen and oxygen atoms in total. The molecule has 0 fully saturated rings. The van der Waals surface area contributed by atoms with Crippen LogP contribution in [0.2, 0.25) is 0 Å². The number of carbonyl (C=O) groups excluding carboxylic acids is 2. The van der Waals surface area contributed by atoms with Gasteiger partial charge >= 0.3 is 5.97 Å². The number of hydrogen-bond acceptors (Lipinski definition) is 4. The van der Waals surface area contributed by atoms with Crippen molar-refractivity contribution in [1.82, 2.24) is 19.8 Å². The summed E-state index contributed by atoms with van der Waals surface area (Å²) in [7, 11) is 4.06. The van der Waals surface area contributed by atoms with Crippen molar-refractivity contribution in [1.29, 1.82) is 0 Å². The standard InChI is InChI=1S/C26H24N4O4/c1-29(2)11-6-12-30-14-19(15-7-3-4-10-20(15)30)22-21(24(31)28-25(22)32)18-13-27-23-16(18)8-5-9-17(23)26(33)34/h3-5,7-10,13-14,27H,6,11-12H2,1-2H3,(H,33,34)(H,28,31,32). The van der Waals surface area contributed by atoms with E-state index in [0.29, 0.717) is 27.6 Å². The zero-order valence-electron chi connectivity index (χ0n) is 18.9. The van der Waals surface area contributed by atoms with Gasteiger partial charge in [0.05, 0.1) is 22.2 Å². The molecule has 2 aromatic carbocycles. The first-order valence-electron chi connectivity index (χ1n) is 11.0. The number of H-pyrrole nitrogens is 1. The van der Waals surface area contributed by atoms with Crippen LogP contribution in [0.15, 0.2) is 54.9 Å². The first kappa shape index (κ1) is 21.7. The molecule has 5 rings (SSSR count). The van der Waals surface area contributed by atoms with E-state index >= 15 is 0 Å². The van der Waals surface area contributed by atoms with E-state index in [1.54, 1.807) is 18.3 Å². The summed E-state index contributed by atoms with van der Waals surface area (Å²) in [4.78, 5) is 42.8. The number of nitrogens with one attached hydrogen (secondary N) is 2. The summed E-state index contributed by atoms with van der Waals surface area (Å²) >= 11 is 0. The van der Waals surface area contributed by atoms with Gasteiger partial charge < -0.3 is 19.6 Å². The second-order valence-electron chi connectivity index (χ2n) is 8.68. The van der Waals surface area contributed by atoms with Crippen LogP contribution in [0.3, 0.4) is 0 Å². The lowest BCUT2D eigenvalue weighted by molar-refractivity contribution is -0.122. The fourth-order valence-corrected chi connectivity index (χ4v) is 4.70. The molecule has 172 valence electrons. The summed E-state index contributed by atoms with van der Waals surface area (Å²) in [6.07, 6.45) is 4.47. The van der Waals surface area contributed by atoms with Crippen molar-refractivity contribution >= 4 is 50.7 Å². The largest absolute Gasteiger partial charge is 0.478 e. The van der Waals surface area contributed by atoms with Crippen molar-refractivity contribution < 1.29 is 19.5 Å². The number of fused-ring (bicyclic) bond motifs is 2. The third-order valence-corrected chi connectivity index (χ3v) is 6.21. The molecule has 0 atom stereocenters. The maximum atomic E-state index is 13.0. The summed E-state index contributed by atoms with van der Waals surface area (Å²) in [6.45, 7) is 1.70. The third-order valence-electron chi connectivity index (χ3n) is 6.21. The van der Waals surface area contributed by atoms with Crippen LogP contribution in [-0.4, -0.2) is 58.0 Å². The zero-order valence-corrected chi connectivity index (χ0v) is 18.9. The van der Waals surface area contributed by atoms with E-state index in [4.69, 9.17) is 0 Å². The topological polar surface area (TPSA) is 107 Å². The van der Waals surface area contributed by atoms with Crippen molar-refractivity contribution in [3.8, 4) is 0 Å². The van der Waals surface area contributed by atoms with Crippen LogP contribution in [0.5, 0.6) is 0 Å². The van der Waals surface area contributed by atoms with Gasteiger partial charge in [0.15, 0.2) is 0 Å². The zero-order chi connectivity index (χ0) is 24.0. The van der Waals surface area contributed by atoms with Gasteiger partial charge in [0.1, 0.15) is 0 Å². The number of carboxylic acids is 1. The van der Waals surface area contributed by atoms with Gasteiger partial charge in [0.25, 0.3) is 11.8 Å². The Morgan fingerprint density at radius 1 is 0.971 bits per heavy atom. The Hall–Kier alpha value is -4.17. The van der Waals surface area contributed by atoms with Crippen LogP contribution in [0.4, 0.5) is 0 Å². The number of rotatable bonds is 7. The van der Waals surface area contributed by atoms with Gasteiger partial charge in [-0.1, -0.05) is 30.3 Å². The Balaban J connectivity index is 1.71. The molecule has 0 unspecified atom stereocenters. The minimum Gasteiger partial charge on any atom is -0.478 e. The van der Waals surface area contributed by atoms with Crippen LogP contribution >= 0.6 is 0 Å². The molecule has 0 saturated carbocycles. The number of aryl methyl sites for hydroxylation is 1. The number of carboxylic acid groups (broad SMARTS) is 1. The maximum absolute atomic E-state index is 13.0. The van der Waals surface area contributed by atoms with Gasteiger partial charge in [-0.3, -0.25) is 14.9 Å². The van der Waals surface area contributed by atoms with Crippen molar-refractivity contribution in [2.75, 3.05) is 20.6 Å². The number of imide groups is 1. The Morgan fingerprint density at radius 3 is 2.41 bits per heavy atom. The first-order chi connectivity index (χ1) is 16.4. The predicted octanol–water partition coefficient (Wildman–Crippen LogP) is 3.34. The molecule has 34 heavy (non-hydrogen) atoms. The number of carbonyl (C=O) groups is 3. The molecule has 2 aromatic heterocycles. The molecule has 8 heteroatoms. The lowest BCUT2D eigenvalue weighted by atomic mass is 9.95. The molecular weight excluding hydrogens is 432 g/mol. The van der Waals surface area contributed by atoms with E-state index in [1.807, 2.05) is 44.6 Å². The molecule has 0 bridgehead atoms. The lowest BCUT2D eigenvalue weighted by Gasteiger charge is -2.10. The molecular formula is C26H24N4O4. The van der Waals surface area contributed by atoms with Crippen LogP contribution < -0.4 is 5.32 Å². The van der Waals surface area contributed by atoms with Gasteiger partial charge in [-0.15, -0.1) is 0 Å². The highest BCUT2D eigenvalue weighted by Crippen LogP contribution is 2.38. The highest BCUT2D eigenvalue weighted by molar-refractivity contribution is 6.50. The number of hydrogen-bond donors (Lipinski definition) is 3. The average Bonchev–Trinajstić information content (AvgIpc) is 3.46. The minimum atomic E-state index is -1.07. The normalized spacial score (nSPS) is 14.1. The second-order valence-corrected chi connectivity index (χ2v) is 8.68. The maximum Gasteiger partial charge on any atom is 0.337 e. The molecule has 0 spiro atoms. The van der Waals surface area contributed by atoms with Crippen molar-refractivity contribution in [3.63, 3.8) is 0 Å². The fourth-order valence-electron chi connectivity index (χ4n) is 4.70. The number of amides is 2. The van der Waals surface area contributed by atoms with Crippen LogP contribution in [0.25, 0.3) is 33.0 Å². The molecule has 0 saturated heterocycles. The summed E-state index contributed by atoms with van der Waals surface area (Å²) < 4.78 is 2.12. The Bertz CT molecular complexity index is 1510. The van der Waals surface area contributed by atoms with E-state index in [0.717, 1.165) is 30.4 Å². The molecule has 3 heterocycles. The molecule has 3 N–H and O–H groups in total. The van der Waals surface area contributed by atoms with Crippen molar-refractivity contribution in [2.24, 2.45) is 0 Å². The van der Waals surface area contributed by atoms with E-state index in [-0.39, 0.29) is 11.1 Å². The number of benzene rings is 2. The van der Waals surface area contributed by atoms with Gasteiger partial charge in [-0.05, 0) is 39.2 Å². The quantitative estimate of drug-likeness (QED) is 0.370. The highest BCUT2D eigenvalue weighted by Gasteiger charge is 2.35. The second kappa shape index (κ2) is 8.31. The average molecular weight is 457 g/mol. The number of aromatic carboxylic acids is 1. The molecule has 2 amide bonds. The SMILES string of the molecule is CN(C)CCCn1cc(C2=C(c3c[nH]c4c(C(=O)O)cccc34)C(=O)NC2=O)c2ccccc21. The van der Waals surface area contributed by atoms with Gasteiger partial charge in [0, 0.05) is 46.4 Å². The van der Waals surface area contributed by atoms with E-state index in [1.165, 1.54) is 6.07 Å². The molecule has 0 aliphatic carbocycles. The Labute approximate surface area is 195 Å². The molecule has 0 radical (unpaired) electrons. The monoisotopic (exact) mass is 456 g/mol. The molecule has 1 aliphatic rings. The molecule has 1 aliphatic heterocycles. The third kappa shape index (κ3) is 3.48. The first-order valence-corrected chi connectivity index (χ1v) is 11.0. The smallest absolute Gasteiger partial charge is 0.337 e. The lowest BCUT2D eigenvalue weighted by Crippen LogP contribution is -2.22. The summed E-state index contributed by atoms with van der Waals surface area (Å²) in [5.41, 5.74) is 3.23. The van der Waals surface area contributed by atoms with Crippen molar-refractivity contribution in [2.45, 2.75) is 13.0 Å². The number of nitrogens with zero attached hydrogens (tertiary/aromatic N) is 2. The van der Waals surface area contributed by atoms with Gasteiger partial charge in [0.2, 0.25) is 0 Å². The van der Waals surface area contributed by atoms with Crippen LogP contribution in [0.1, 0.15) is 27.9 Å². The highest BCUT2D eigenvalue weighted by atomic mass is 16.4. The fraction of sp³-hybridized carbons (Fsp3) is 0.192.